The van der Waals surface area contributed by atoms with Gasteiger partial charge in [0.1, 0.15) is 5.38 Å². The molecule has 1 unspecified atom stereocenters. The van der Waals surface area contributed by atoms with Gasteiger partial charge in [-0.25, -0.2) is 0 Å². The Morgan fingerprint density at radius 2 is 2.20 bits per heavy atom. The van der Waals surface area contributed by atoms with Crippen LogP contribution < -0.4 is 0 Å². The monoisotopic (exact) mass is 244 g/mol. The van der Waals surface area contributed by atoms with Crippen molar-refractivity contribution in [3.63, 3.8) is 0 Å². The zero-order chi connectivity index (χ0) is 11.3. The van der Waals surface area contributed by atoms with E-state index >= 15 is 0 Å². The van der Waals surface area contributed by atoms with Crippen LogP contribution in [0.5, 0.6) is 0 Å². The van der Waals surface area contributed by atoms with Crippen molar-refractivity contribution in [2.24, 2.45) is 0 Å². The smallest absolute Gasteiger partial charge is 0.322 e. The topological polar surface area (TPSA) is 37.3 Å². The normalized spacial score (nSPS) is 12.4. The van der Waals surface area contributed by atoms with Gasteiger partial charge in [0.2, 0.25) is 0 Å². The molecule has 0 aromatic heterocycles. The molecule has 1 aromatic carbocycles. The summed E-state index contributed by atoms with van der Waals surface area (Å²) in [5.74, 6) is 0.294. The molecule has 82 valence electrons. The van der Waals surface area contributed by atoms with Crippen molar-refractivity contribution in [1.82, 2.24) is 0 Å². The second-order valence-electron chi connectivity index (χ2n) is 3.25. The number of carboxylic acids is 1. The summed E-state index contributed by atoms with van der Waals surface area (Å²) >= 11 is 7.15. The van der Waals surface area contributed by atoms with Crippen LogP contribution in [0, 0.1) is 6.92 Å². The molecule has 0 radical (unpaired) electrons. The molecule has 0 saturated carbocycles. The van der Waals surface area contributed by atoms with E-state index in [1.807, 2.05) is 31.2 Å². The molecule has 1 N–H and O–H groups in total. The zero-order valence-electron chi connectivity index (χ0n) is 8.44. The Bertz CT molecular complexity index is 341. The summed E-state index contributed by atoms with van der Waals surface area (Å²) in [5.41, 5.74) is 2.46. The van der Waals surface area contributed by atoms with Crippen molar-refractivity contribution in [2.75, 3.05) is 5.75 Å². The van der Waals surface area contributed by atoms with Crippen LogP contribution in [0.4, 0.5) is 0 Å². The minimum Gasteiger partial charge on any atom is -0.480 e. The average Bonchev–Trinajstić information content (AvgIpc) is 2.20. The number of alkyl halides is 1. The van der Waals surface area contributed by atoms with E-state index in [2.05, 4.69) is 0 Å². The van der Waals surface area contributed by atoms with Gasteiger partial charge in [0.25, 0.3) is 0 Å². The average molecular weight is 245 g/mol. The van der Waals surface area contributed by atoms with Gasteiger partial charge in [-0.3, -0.25) is 4.79 Å². The summed E-state index contributed by atoms with van der Waals surface area (Å²) < 4.78 is 0. The number of rotatable bonds is 5. The Morgan fingerprint density at radius 1 is 1.53 bits per heavy atom. The Hall–Kier alpha value is -0.670. The molecule has 0 saturated heterocycles. The standard InChI is InChI=1S/C11H13ClO2S/c1-8-4-2-3-5-9(8)6-15-7-10(12)11(13)14/h2-5,10H,6-7H2,1H3,(H,13,14). The van der Waals surface area contributed by atoms with Gasteiger partial charge in [0.15, 0.2) is 0 Å². The van der Waals surface area contributed by atoms with Crippen LogP contribution in [0.25, 0.3) is 0 Å². The van der Waals surface area contributed by atoms with Gasteiger partial charge < -0.3 is 5.11 Å². The molecular weight excluding hydrogens is 232 g/mol. The largest absolute Gasteiger partial charge is 0.480 e. The Balaban J connectivity index is 2.38. The molecule has 0 heterocycles. The van der Waals surface area contributed by atoms with Crippen molar-refractivity contribution >= 4 is 29.3 Å². The number of benzene rings is 1. The first-order valence-corrected chi connectivity index (χ1v) is 6.19. The molecule has 0 bridgehead atoms. The summed E-state index contributed by atoms with van der Waals surface area (Å²) in [6.07, 6.45) is 0. The molecule has 0 spiro atoms. The van der Waals surface area contributed by atoms with Crippen LogP contribution in [-0.2, 0) is 10.5 Å². The number of aliphatic carboxylic acids is 1. The Morgan fingerprint density at radius 3 is 2.80 bits per heavy atom. The number of carboxylic acid groups (broad SMARTS) is 1. The molecule has 1 rings (SSSR count). The third-order valence-corrected chi connectivity index (χ3v) is 3.66. The Kier molecular flexibility index (Phi) is 4.99. The zero-order valence-corrected chi connectivity index (χ0v) is 10.0. The van der Waals surface area contributed by atoms with Crippen LogP contribution in [0.2, 0.25) is 0 Å². The minimum absolute atomic E-state index is 0.436. The second kappa shape index (κ2) is 6.03. The van der Waals surface area contributed by atoms with Gasteiger partial charge >= 0.3 is 5.97 Å². The first kappa shape index (κ1) is 12.4. The lowest BCUT2D eigenvalue weighted by Gasteiger charge is -2.06. The van der Waals surface area contributed by atoms with E-state index in [1.54, 1.807) is 11.8 Å². The number of aryl methyl sites for hydroxylation is 1. The second-order valence-corrected chi connectivity index (χ2v) is 4.80. The lowest BCUT2D eigenvalue weighted by Crippen LogP contribution is -2.15. The van der Waals surface area contributed by atoms with Crippen molar-refractivity contribution < 1.29 is 9.90 Å². The summed E-state index contributed by atoms with van der Waals surface area (Å²) in [5, 5.41) is 7.80. The van der Waals surface area contributed by atoms with E-state index in [0.29, 0.717) is 5.75 Å². The van der Waals surface area contributed by atoms with Crippen molar-refractivity contribution in [1.29, 1.82) is 0 Å². The molecule has 0 fully saturated rings. The van der Waals surface area contributed by atoms with Crippen LogP contribution >= 0.6 is 23.4 Å². The number of halogens is 1. The number of carbonyl (C=O) groups is 1. The third-order valence-electron chi connectivity index (χ3n) is 2.05. The first-order valence-electron chi connectivity index (χ1n) is 4.60. The maximum Gasteiger partial charge on any atom is 0.322 e. The van der Waals surface area contributed by atoms with E-state index in [9.17, 15) is 4.79 Å². The van der Waals surface area contributed by atoms with Gasteiger partial charge in [-0.05, 0) is 18.1 Å². The van der Waals surface area contributed by atoms with Crippen molar-refractivity contribution in [2.45, 2.75) is 18.1 Å². The number of hydrogen-bond donors (Lipinski definition) is 1. The molecule has 0 aliphatic heterocycles. The van der Waals surface area contributed by atoms with Gasteiger partial charge in [0, 0.05) is 11.5 Å². The lowest BCUT2D eigenvalue weighted by molar-refractivity contribution is -0.136. The molecule has 0 aliphatic carbocycles. The van der Waals surface area contributed by atoms with Crippen LogP contribution in [0.3, 0.4) is 0 Å². The fourth-order valence-corrected chi connectivity index (χ4v) is 2.39. The molecule has 1 atom stereocenters. The predicted octanol–water partition coefficient (Wildman–Crippen LogP) is 2.92. The van der Waals surface area contributed by atoms with Crippen LogP contribution in [0.15, 0.2) is 24.3 Å². The maximum atomic E-state index is 10.5. The SMILES string of the molecule is Cc1ccccc1CSCC(Cl)C(=O)O. The lowest BCUT2D eigenvalue weighted by atomic mass is 10.1. The van der Waals surface area contributed by atoms with E-state index in [1.165, 1.54) is 11.1 Å². The molecule has 15 heavy (non-hydrogen) atoms. The highest BCUT2D eigenvalue weighted by Gasteiger charge is 2.12. The van der Waals surface area contributed by atoms with E-state index < -0.39 is 11.3 Å². The maximum absolute atomic E-state index is 10.5. The number of thioether (sulfide) groups is 1. The first-order chi connectivity index (χ1) is 7.11. The highest BCUT2D eigenvalue weighted by molar-refractivity contribution is 7.98. The molecule has 2 nitrogen and oxygen atoms in total. The van der Waals surface area contributed by atoms with Crippen LogP contribution in [0.1, 0.15) is 11.1 Å². The summed E-state index contributed by atoms with van der Waals surface area (Å²) in [6.45, 7) is 2.05. The highest BCUT2D eigenvalue weighted by atomic mass is 35.5. The molecule has 4 heteroatoms. The van der Waals surface area contributed by atoms with Gasteiger partial charge in [-0.15, -0.1) is 11.6 Å². The summed E-state index contributed by atoms with van der Waals surface area (Å²) in [4.78, 5) is 10.5. The quantitative estimate of drug-likeness (QED) is 0.810. The molecular formula is C11H13ClO2S. The van der Waals surface area contributed by atoms with E-state index in [4.69, 9.17) is 16.7 Å². The fourth-order valence-electron chi connectivity index (χ4n) is 1.12. The Labute approximate surface area is 98.6 Å². The van der Waals surface area contributed by atoms with Crippen LogP contribution in [-0.4, -0.2) is 22.2 Å². The third kappa shape index (κ3) is 4.14. The van der Waals surface area contributed by atoms with Crippen molar-refractivity contribution in [3.05, 3.63) is 35.4 Å². The van der Waals surface area contributed by atoms with E-state index in [-0.39, 0.29) is 0 Å². The van der Waals surface area contributed by atoms with E-state index in [0.717, 1.165) is 5.75 Å². The van der Waals surface area contributed by atoms with Gasteiger partial charge in [-0.2, -0.15) is 11.8 Å². The van der Waals surface area contributed by atoms with Gasteiger partial charge in [0.05, 0.1) is 0 Å². The van der Waals surface area contributed by atoms with Crippen molar-refractivity contribution in [3.8, 4) is 0 Å². The number of hydrogen-bond acceptors (Lipinski definition) is 2. The molecule has 0 aliphatic rings. The fraction of sp³-hybridized carbons (Fsp3) is 0.364. The summed E-state index contributed by atoms with van der Waals surface area (Å²) in [7, 11) is 0. The highest BCUT2D eigenvalue weighted by Crippen LogP contribution is 2.17. The minimum atomic E-state index is -0.950. The van der Waals surface area contributed by atoms with Gasteiger partial charge in [-0.1, -0.05) is 24.3 Å². The molecule has 0 amide bonds. The molecule has 1 aromatic rings. The summed E-state index contributed by atoms with van der Waals surface area (Å²) in [6, 6.07) is 8.07. The predicted molar refractivity (Wildman–Crippen MR) is 64.6 cm³/mol.